The van der Waals surface area contributed by atoms with Crippen LogP contribution in [0.3, 0.4) is 0 Å². The molecule has 0 radical (unpaired) electrons. The standard InChI is InChI=1S/C15H26N4O2/c1-15(2,3)13-11(10-18(4)17-13)12(14(20)21-5)19-8-6-16-7-9-19/h10,12,16H,6-9H2,1-5H3. The molecule has 1 aromatic heterocycles. The maximum absolute atomic E-state index is 12.4. The molecule has 0 bridgehead atoms. The van der Waals surface area contributed by atoms with Gasteiger partial charge in [-0.05, 0) is 0 Å². The average Bonchev–Trinajstić information content (AvgIpc) is 2.82. The van der Waals surface area contributed by atoms with Crippen molar-refractivity contribution in [1.29, 1.82) is 0 Å². The van der Waals surface area contributed by atoms with Gasteiger partial charge in [0.15, 0.2) is 0 Å². The Balaban J connectivity index is 2.43. The first kappa shape index (κ1) is 16.0. The lowest BCUT2D eigenvalue weighted by atomic mass is 9.87. The maximum Gasteiger partial charge on any atom is 0.327 e. The molecule has 1 atom stereocenters. The van der Waals surface area contributed by atoms with Crippen LogP contribution in [0.25, 0.3) is 0 Å². The van der Waals surface area contributed by atoms with E-state index < -0.39 is 0 Å². The number of rotatable bonds is 3. The normalized spacial score (nSPS) is 18.5. The zero-order valence-corrected chi connectivity index (χ0v) is 13.6. The molecule has 1 aliphatic rings. The summed E-state index contributed by atoms with van der Waals surface area (Å²) in [6.07, 6.45) is 1.95. The van der Waals surface area contributed by atoms with Gasteiger partial charge in [-0.1, -0.05) is 20.8 Å². The largest absolute Gasteiger partial charge is 0.468 e. The van der Waals surface area contributed by atoms with Gasteiger partial charge in [0.05, 0.1) is 12.8 Å². The van der Waals surface area contributed by atoms with Crippen LogP contribution in [0.1, 0.15) is 38.1 Å². The molecule has 0 saturated carbocycles. The average molecular weight is 294 g/mol. The number of hydrogen-bond donors (Lipinski definition) is 1. The van der Waals surface area contributed by atoms with Crippen molar-refractivity contribution in [3.63, 3.8) is 0 Å². The van der Waals surface area contributed by atoms with Crippen molar-refractivity contribution >= 4 is 5.97 Å². The van der Waals surface area contributed by atoms with Crippen LogP contribution in [0.4, 0.5) is 0 Å². The molecule has 2 rings (SSSR count). The van der Waals surface area contributed by atoms with Crippen LogP contribution in [0, 0.1) is 0 Å². The van der Waals surface area contributed by atoms with Crippen LogP contribution in [0.2, 0.25) is 0 Å². The second-order valence-electron chi connectivity index (χ2n) is 6.57. The Labute approximate surface area is 126 Å². The van der Waals surface area contributed by atoms with E-state index in [4.69, 9.17) is 4.74 Å². The molecule has 0 spiro atoms. The summed E-state index contributed by atoms with van der Waals surface area (Å²) >= 11 is 0. The third-order valence-corrected chi connectivity index (χ3v) is 3.80. The van der Waals surface area contributed by atoms with Gasteiger partial charge in [0.25, 0.3) is 0 Å². The lowest BCUT2D eigenvalue weighted by molar-refractivity contribution is -0.147. The van der Waals surface area contributed by atoms with Crippen molar-refractivity contribution in [3.8, 4) is 0 Å². The Morgan fingerprint density at radius 2 is 2.00 bits per heavy atom. The van der Waals surface area contributed by atoms with Crippen LogP contribution in [0.5, 0.6) is 0 Å². The summed E-state index contributed by atoms with van der Waals surface area (Å²) in [6.45, 7) is 9.79. The molecule has 0 amide bonds. The Morgan fingerprint density at radius 1 is 1.38 bits per heavy atom. The van der Waals surface area contributed by atoms with Gasteiger partial charge in [0, 0.05) is 50.4 Å². The highest BCUT2D eigenvalue weighted by atomic mass is 16.5. The minimum atomic E-state index is -0.375. The number of carbonyl (C=O) groups excluding carboxylic acids is 1. The van der Waals surface area contributed by atoms with E-state index in [9.17, 15) is 4.79 Å². The molecule has 1 fully saturated rings. The third kappa shape index (κ3) is 3.44. The number of ether oxygens (including phenoxy) is 1. The number of nitrogens with zero attached hydrogens (tertiary/aromatic N) is 3. The molecular weight excluding hydrogens is 268 g/mol. The summed E-state index contributed by atoms with van der Waals surface area (Å²) < 4.78 is 6.84. The van der Waals surface area contributed by atoms with Gasteiger partial charge < -0.3 is 10.1 Å². The minimum absolute atomic E-state index is 0.114. The van der Waals surface area contributed by atoms with E-state index in [1.165, 1.54) is 7.11 Å². The van der Waals surface area contributed by atoms with Crippen molar-refractivity contribution < 1.29 is 9.53 Å². The van der Waals surface area contributed by atoms with E-state index in [1.807, 2.05) is 13.2 Å². The third-order valence-electron chi connectivity index (χ3n) is 3.80. The first-order chi connectivity index (χ1) is 9.84. The van der Waals surface area contributed by atoms with Crippen LogP contribution in [-0.2, 0) is 22.0 Å². The topological polar surface area (TPSA) is 59.4 Å². The minimum Gasteiger partial charge on any atom is -0.468 e. The number of methoxy groups -OCH3 is 1. The Bertz CT molecular complexity index is 498. The number of nitrogens with one attached hydrogen (secondary N) is 1. The van der Waals surface area contributed by atoms with E-state index in [-0.39, 0.29) is 17.4 Å². The molecule has 21 heavy (non-hydrogen) atoms. The number of carbonyl (C=O) groups is 1. The van der Waals surface area contributed by atoms with E-state index in [2.05, 4.69) is 36.1 Å². The van der Waals surface area contributed by atoms with Gasteiger partial charge in [-0.2, -0.15) is 5.10 Å². The monoisotopic (exact) mass is 294 g/mol. The molecule has 1 saturated heterocycles. The number of hydrogen-bond acceptors (Lipinski definition) is 5. The number of esters is 1. The van der Waals surface area contributed by atoms with Crippen molar-refractivity contribution in [2.24, 2.45) is 7.05 Å². The molecule has 1 N–H and O–H groups in total. The summed E-state index contributed by atoms with van der Waals surface area (Å²) in [5.41, 5.74) is 1.80. The molecule has 2 heterocycles. The number of aryl methyl sites for hydroxylation is 1. The lowest BCUT2D eigenvalue weighted by Crippen LogP contribution is -2.47. The number of piperazine rings is 1. The van der Waals surface area contributed by atoms with Gasteiger partial charge in [0.1, 0.15) is 6.04 Å². The SMILES string of the molecule is COC(=O)C(c1cn(C)nc1C(C)(C)C)N1CCNCC1. The highest BCUT2D eigenvalue weighted by Crippen LogP contribution is 2.32. The van der Waals surface area contributed by atoms with Crippen LogP contribution in [0.15, 0.2) is 6.20 Å². The first-order valence-electron chi connectivity index (χ1n) is 7.41. The number of aromatic nitrogens is 2. The second kappa shape index (κ2) is 6.15. The molecular formula is C15H26N4O2. The fourth-order valence-electron chi connectivity index (χ4n) is 2.81. The molecule has 1 unspecified atom stereocenters. The molecule has 1 aliphatic heterocycles. The fourth-order valence-corrected chi connectivity index (χ4v) is 2.81. The van der Waals surface area contributed by atoms with Crippen LogP contribution >= 0.6 is 0 Å². The Kier molecular flexibility index (Phi) is 4.68. The lowest BCUT2D eigenvalue weighted by Gasteiger charge is -2.34. The highest BCUT2D eigenvalue weighted by Gasteiger charge is 2.35. The van der Waals surface area contributed by atoms with Gasteiger partial charge in [-0.3, -0.25) is 9.58 Å². The zero-order valence-electron chi connectivity index (χ0n) is 13.6. The second-order valence-corrected chi connectivity index (χ2v) is 6.57. The molecule has 0 aromatic carbocycles. The highest BCUT2D eigenvalue weighted by molar-refractivity contribution is 5.78. The Hall–Kier alpha value is -1.40. The molecule has 118 valence electrons. The summed E-state index contributed by atoms with van der Waals surface area (Å²) in [5, 5.41) is 7.89. The predicted molar refractivity (Wildman–Crippen MR) is 81.1 cm³/mol. The smallest absolute Gasteiger partial charge is 0.327 e. The molecule has 6 nitrogen and oxygen atoms in total. The zero-order chi connectivity index (χ0) is 15.6. The quantitative estimate of drug-likeness (QED) is 0.837. The Morgan fingerprint density at radius 3 is 2.52 bits per heavy atom. The summed E-state index contributed by atoms with van der Waals surface area (Å²) in [4.78, 5) is 14.6. The van der Waals surface area contributed by atoms with Gasteiger partial charge in [-0.25, -0.2) is 4.79 Å². The maximum atomic E-state index is 12.4. The first-order valence-corrected chi connectivity index (χ1v) is 7.41. The summed E-state index contributed by atoms with van der Waals surface area (Å²) in [5.74, 6) is -0.213. The molecule has 0 aliphatic carbocycles. The van der Waals surface area contributed by atoms with E-state index in [0.717, 1.165) is 37.4 Å². The predicted octanol–water partition coefficient (Wildman–Crippen LogP) is 0.837. The van der Waals surface area contributed by atoms with Crippen molar-refractivity contribution in [1.82, 2.24) is 20.0 Å². The molecule has 1 aromatic rings. The van der Waals surface area contributed by atoms with Gasteiger partial charge in [-0.15, -0.1) is 0 Å². The van der Waals surface area contributed by atoms with E-state index >= 15 is 0 Å². The van der Waals surface area contributed by atoms with Crippen LogP contribution in [-0.4, -0.2) is 53.9 Å². The van der Waals surface area contributed by atoms with E-state index in [0.29, 0.717) is 0 Å². The van der Waals surface area contributed by atoms with Crippen molar-refractivity contribution in [2.75, 3.05) is 33.3 Å². The van der Waals surface area contributed by atoms with Crippen molar-refractivity contribution in [2.45, 2.75) is 32.2 Å². The van der Waals surface area contributed by atoms with E-state index in [1.54, 1.807) is 4.68 Å². The van der Waals surface area contributed by atoms with Crippen LogP contribution < -0.4 is 5.32 Å². The molecule has 6 heteroatoms. The van der Waals surface area contributed by atoms with Gasteiger partial charge in [0.2, 0.25) is 0 Å². The fraction of sp³-hybridized carbons (Fsp3) is 0.733. The van der Waals surface area contributed by atoms with Gasteiger partial charge >= 0.3 is 5.97 Å². The summed E-state index contributed by atoms with van der Waals surface area (Å²) in [6, 6.07) is -0.375. The van der Waals surface area contributed by atoms with Crippen molar-refractivity contribution in [3.05, 3.63) is 17.5 Å². The summed E-state index contributed by atoms with van der Waals surface area (Å²) in [7, 11) is 3.34.